The highest BCUT2D eigenvalue weighted by Crippen LogP contribution is 2.42. The van der Waals surface area contributed by atoms with Crippen LogP contribution in [0.25, 0.3) is 0 Å². The van der Waals surface area contributed by atoms with Crippen molar-refractivity contribution in [2.24, 2.45) is 0 Å². The van der Waals surface area contributed by atoms with Crippen LogP contribution < -0.4 is 9.47 Å². The average molecular weight is 286 g/mol. The molecule has 1 fully saturated rings. The fraction of sp³-hybridized carbons (Fsp3) is 0.417. The number of fused-ring (bicyclic) bond motifs is 1. The molecule has 1 atom stereocenters. The van der Waals surface area contributed by atoms with Crippen molar-refractivity contribution >= 4 is 28.5 Å². The molecular formula is C12H12ClNO3S. The minimum Gasteiger partial charge on any atom is -0.454 e. The highest BCUT2D eigenvalue weighted by atomic mass is 35.5. The van der Waals surface area contributed by atoms with Crippen LogP contribution in [0.2, 0.25) is 0 Å². The Bertz CT molecular complexity index is 482. The summed E-state index contributed by atoms with van der Waals surface area (Å²) in [5.41, 5.74) is 1.06. The second-order valence-corrected chi connectivity index (χ2v) is 5.63. The van der Waals surface area contributed by atoms with Gasteiger partial charge in [0, 0.05) is 12.4 Å². The topological polar surface area (TPSA) is 38.8 Å². The standard InChI is InChI=1S/C12H12ClNO3S/c13-3-4-14-6-11(15)18-12(14)8-1-2-9-10(5-8)17-7-16-9/h1-2,5,12H,3-4,6-7H2. The van der Waals surface area contributed by atoms with Crippen molar-refractivity contribution in [3.05, 3.63) is 23.8 Å². The summed E-state index contributed by atoms with van der Waals surface area (Å²) >= 11 is 7.11. The van der Waals surface area contributed by atoms with Gasteiger partial charge in [-0.25, -0.2) is 0 Å². The van der Waals surface area contributed by atoms with Gasteiger partial charge in [0.1, 0.15) is 0 Å². The van der Waals surface area contributed by atoms with E-state index >= 15 is 0 Å². The number of ether oxygens (including phenoxy) is 2. The van der Waals surface area contributed by atoms with Crippen molar-refractivity contribution in [2.45, 2.75) is 5.37 Å². The lowest BCUT2D eigenvalue weighted by Gasteiger charge is -2.21. The fourth-order valence-electron chi connectivity index (χ4n) is 2.14. The predicted molar refractivity (Wildman–Crippen MR) is 70.2 cm³/mol. The number of nitrogens with zero attached hydrogens (tertiary/aromatic N) is 1. The molecule has 0 radical (unpaired) electrons. The smallest absolute Gasteiger partial charge is 0.231 e. The normalized spacial score (nSPS) is 22.7. The van der Waals surface area contributed by atoms with Gasteiger partial charge >= 0.3 is 0 Å². The third kappa shape index (κ3) is 2.18. The predicted octanol–water partition coefficient (Wildman–Crippen LogP) is 2.23. The van der Waals surface area contributed by atoms with Gasteiger partial charge in [-0.2, -0.15) is 0 Å². The van der Waals surface area contributed by atoms with E-state index in [1.54, 1.807) is 0 Å². The summed E-state index contributed by atoms with van der Waals surface area (Å²) < 4.78 is 10.6. The van der Waals surface area contributed by atoms with Crippen molar-refractivity contribution in [3.63, 3.8) is 0 Å². The van der Waals surface area contributed by atoms with Gasteiger partial charge in [0.15, 0.2) is 11.5 Å². The number of carbonyl (C=O) groups excluding carboxylic acids is 1. The molecule has 0 bridgehead atoms. The fourth-order valence-corrected chi connectivity index (χ4v) is 3.45. The summed E-state index contributed by atoms with van der Waals surface area (Å²) in [4.78, 5) is 13.6. The molecule has 3 rings (SSSR count). The van der Waals surface area contributed by atoms with E-state index in [-0.39, 0.29) is 17.3 Å². The Morgan fingerprint density at radius 3 is 3.06 bits per heavy atom. The number of carbonyl (C=O) groups is 1. The van der Waals surface area contributed by atoms with Crippen LogP contribution in [0.15, 0.2) is 18.2 Å². The van der Waals surface area contributed by atoms with Crippen molar-refractivity contribution in [2.75, 3.05) is 25.8 Å². The van der Waals surface area contributed by atoms with Crippen molar-refractivity contribution < 1.29 is 14.3 Å². The summed E-state index contributed by atoms with van der Waals surface area (Å²) in [7, 11) is 0. The van der Waals surface area contributed by atoms with Crippen LogP contribution in [0.1, 0.15) is 10.9 Å². The summed E-state index contributed by atoms with van der Waals surface area (Å²) in [6.45, 7) is 1.43. The molecule has 1 unspecified atom stereocenters. The lowest BCUT2D eigenvalue weighted by molar-refractivity contribution is -0.111. The Morgan fingerprint density at radius 2 is 2.22 bits per heavy atom. The minimum atomic E-state index is 0.0331. The largest absolute Gasteiger partial charge is 0.454 e. The molecule has 1 aromatic rings. The Balaban J connectivity index is 1.86. The van der Waals surface area contributed by atoms with Crippen LogP contribution in [0, 0.1) is 0 Å². The zero-order chi connectivity index (χ0) is 12.5. The number of hydrogen-bond donors (Lipinski definition) is 0. The van der Waals surface area contributed by atoms with Crippen LogP contribution in [-0.2, 0) is 4.79 Å². The molecule has 2 heterocycles. The third-order valence-electron chi connectivity index (χ3n) is 2.96. The molecule has 4 nitrogen and oxygen atoms in total. The molecule has 0 amide bonds. The Labute approximate surface area is 114 Å². The molecule has 1 aromatic carbocycles. The number of halogens is 1. The summed E-state index contributed by atoms with van der Waals surface area (Å²) in [6, 6.07) is 5.81. The average Bonchev–Trinajstić information content (AvgIpc) is 2.95. The molecule has 18 heavy (non-hydrogen) atoms. The van der Waals surface area contributed by atoms with E-state index in [1.807, 2.05) is 18.2 Å². The van der Waals surface area contributed by atoms with Crippen molar-refractivity contribution in [1.82, 2.24) is 4.90 Å². The Morgan fingerprint density at radius 1 is 1.39 bits per heavy atom. The molecule has 0 spiro atoms. The van der Waals surface area contributed by atoms with Gasteiger partial charge in [0.05, 0.1) is 11.9 Å². The number of rotatable bonds is 3. The van der Waals surface area contributed by atoms with Gasteiger partial charge < -0.3 is 9.47 Å². The molecule has 2 aliphatic heterocycles. The summed E-state index contributed by atoms with van der Waals surface area (Å²) in [5, 5.41) is 0.216. The van der Waals surface area contributed by atoms with Gasteiger partial charge in [0.2, 0.25) is 11.9 Å². The van der Waals surface area contributed by atoms with Crippen LogP contribution in [-0.4, -0.2) is 35.8 Å². The van der Waals surface area contributed by atoms with Crippen LogP contribution >= 0.6 is 23.4 Å². The maximum atomic E-state index is 11.6. The van der Waals surface area contributed by atoms with Gasteiger partial charge in [-0.3, -0.25) is 9.69 Å². The van der Waals surface area contributed by atoms with E-state index in [0.717, 1.165) is 17.1 Å². The Kier molecular flexibility index (Phi) is 3.37. The molecule has 1 saturated heterocycles. The maximum absolute atomic E-state index is 11.6. The van der Waals surface area contributed by atoms with E-state index in [9.17, 15) is 4.79 Å². The molecule has 0 aliphatic carbocycles. The molecule has 0 aromatic heterocycles. The minimum absolute atomic E-state index is 0.0331. The summed E-state index contributed by atoms with van der Waals surface area (Å²) in [6.07, 6.45) is 0. The molecule has 0 N–H and O–H groups in total. The Hall–Kier alpha value is -0.910. The first-order valence-electron chi connectivity index (χ1n) is 5.67. The highest BCUT2D eigenvalue weighted by molar-refractivity contribution is 8.14. The SMILES string of the molecule is O=C1CN(CCCl)C(c2ccc3c(c2)OCO3)S1. The van der Waals surface area contributed by atoms with Gasteiger partial charge in [0.25, 0.3) is 0 Å². The first-order valence-corrected chi connectivity index (χ1v) is 7.08. The monoisotopic (exact) mass is 285 g/mol. The van der Waals surface area contributed by atoms with E-state index in [2.05, 4.69) is 4.90 Å². The first kappa shape index (κ1) is 12.1. The molecule has 0 saturated carbocycles. The van der Waals surface area contributed by atoms with Crippen molar-refractivity contribution in [3.8, 4) is 11.5 Å². The zero-order valence-electron chi connectivity index (χ0n) is 9.60. The number of alkyl halides is 1. The third-order valence-corrected chi connectivity index (χ3v) is 4.32. The second-order valence-electron chi connectivity index (χ2n) is 4.11. The zero-order valence-corrected chi connectivity index (χ0v) is 11.2. The lowest BCUT2D eigenvalue weighted by Crippen LogP contribution is -2.25. The van der Waals surface area contributed by atoms with Crippen LogP contribution in [0.5, 0.6) is 11.5 Å². The van der Waals surface area contributed by atoms with E-state index in [1.165, 1.54) is 11.8 Å². The van der Waals surface area contributed by atoms with E-state index < -0.39 is 0 Å². The van der Waals surface area contributed by atoms with E-state index in [0.29, 0.717) is 19.0 Å². The lowest BCUT2D eigenvalue weighted by atomic mass is 10.2. The summed E-state index contributed by atoms with van der Waals surface area (Å²) in [5.74, 6) is 2.03. The highest BCUT2D eigenvalue weighted by Gasteiger charge is 2.33. The quantitative estimate of drug-likeness (QED) is 0.797. The first-order chi connectivity index (χ1) is 8.78. The van der Waals surface area contributed by atoms with E-state index in [4.69, 9.17) is 21.1 Å². The number of thioether (sulfide) groups is 1. The number of hydrogen-bond acceptors (Lipinski definition) is 5. The maximum Gasteiger partial charge on any atom is 0.231 e. The van der Waals surface area contributed by atoms with Crippen molar-refractivity contribution in [1.29, 1.82) is 0 Å². The van der Waals surface area contributed by atoms with Crippen LogP contribution in [0.4, 0.5) is 0 Å². The molecule has 2 aliphatic rings. The van der Waals surface area contributed by atoms with Gasteiger partial charge in [-0.15, -0.1) is 11.6 Å². The van der Waals surface area contributed by atoms with Gasteiger partial charge in [-0.1, -0.05) is 17.8 Å². The number of benzene rings is 1. The molecular weight excluding hydrogens is 274 g/mol. The van der Waals surface area contributed by atoms with Gasteiger partial charge in [-0.05, 0) is 17.7 Å². The molecule has 96 valence electrons. The second kappa shape index (κ2) is 4.99. The molecule has 6 heteroatoms. The van der Waals surface area contributed by atoms with Crippen LogP contribution in [0.3, 0.4) is 0 Å².